The summed E-state index contributed by atoms with van der Waals surface area (Å²) in [5.41, 5.74) is -1.87. The number of hydrogen-bond donors (Lipinski definition) is 0. The van der Waals surface area contributed by atoms with Gasteiger partial charge in [-0.1, -0.05) is 18.2 Å². The Kier molecular flexibility index (Phi) is 4.47. The molecule has 4 aromatic carbocycles. The first-order valence-electron chi connectivity index (χ1n) is 12.6. The second kappa shape index (κ2) is 7.47. The van der Waals surface area contributed by atoms with Crippen LogP contribution in [0.15, 0.2) is 65.2 Å². The summed E-state index contributed by atoms with van der Waals surface area (Å²) in [7, 11) is 4.54. The van der Waals surface area contributed by atoms with E-state index in [4.69, 9.17) is 0 Å². The summed E-state index contributed by atoms with van der Waals surface area (Å²) in [5.74, 6) is 0. The standard InChI is InChI=1S/C31H21N3O6/c1-12-10-16(35)33(4)26-18(12)28(37)21-20-14-8-6-7-9-15(14)32(3)25(20)24-23(22(21)30(26)39)31(40)27-19(29(24)38)13(2)11-17(36)34(27)5/h6-11H,1-5H3. The molecule has 0 spiro atoms. The van der Waals surface area contributed by atoms with E-state index in [0.29, 0.717) is 32.9 Å². The van der Waals surface area contributed by atoms with Gasteiger partial charge >= 0.3 is 0 Å². The zero-order chi connectivity index (χ0) is 28.5. The van der Waals surface area contributed by atoms with Crippen LogP contribution in [0.4, 0.5) is 0 Å². The van der Waals surface area contributed by atoms with E-state index in [1.54, 1.807) is 31.5 Å². The Morgan fingerprint density at radius 3 is 1.48 bits per heavy atom. The van der Waals surface area contributed by atoms with Crippen molar-refractivity contribution in [2.75, 3.05) is 0 Å². The minimum atomic E-state index is -0.696. The van der Waals surface area contributed by atoms with Gasteiger partial charge in [0.25, 0.3) is 11.1 Å². The van der Waals surface area contributed by atoms with Crippen molar-refractivity contribution in [1.29, 1.82) is 0 Å². The first-order valence-corrected chi connectivity index (χ1v) is 12.6. The largest absolute Gasteiger partial charge is 0.343 e. The van der Waals surface area contributed by atoms with Gasteiger partial charge in [0.2, 0.25) is 10.9 Å². The quantitative estimate of drug-likeness (QED) is 0.219. The van der Waals surface area contributed by atoms with Crippen LogP contribution in [0.25, 0.3) is 65.2 Å². The molecule has 0 unspecified atom stereocenters. The van der Waals surface area contributed by atoms with E-state index < -0.39 is 32.8 Å². The summed E-state index contributed by atoms with van der Waals surface area (Å²) in [6.07, 6.45) is 0. The number of aryl methyl sites for hydroxylation is 5. The van der Waals surface area contributed by atoms with Gasteiger partial charge in [-0.2, -0.15) is 0 Å². The Labute approximate surface area is 223 Å². The number of hydrogen-bond acceptors (Lipinski definition) is 6. The van der Waals surface area contributed by atoms with E-state index in [0.717, 1.165) is 9.13 Å². The van der Waals surface area contributed by atoms with Crippen LogP contribution in [0.2, 0.25) is 0 Å². The van der Waals surface area contributed by atoms with Crippen molar-refractivity contribution in [2.45, 2.75) is 13.8 Å². The van der Waals surface area contributed by atoms with Gasteiger partial charge in [-0.05, 0) is 31.0 Å². The maximum atomic E-state index is 14.4. The molecule has 9 nitrogen and oxygen atoms in total. The molecule has 9 heteroatoms. The smallest absolute Gasteiger partial charge is 0.251 e. The average Bonchev–Trinajstić information content (AvgIpc) is 3.21. The van der Waals surface area contributed by atoms with Gasteiger partial charge in [0, 0.05) is 65.7 Å². The normalized spacial score (nSPS) is 12.2. The number of nitrogens with zero attached hydrogens (tertiary/aromatic N) is 3. The fraction of sp³-hybridized carbons (Fsp3) is 0.161. The maximum Gasteiger partial charge on any atom is 0.251 e. The molecule has 0 saturated heterocycles. The molecule has 7 aromatic rings. The lowest BCUT2D eigenvalue weighted by molar-refractivity contribution is 0.899. The Morgan fingerprint density at radius 2 is 0.925 bits per heavy atom. The molecule has 7 rings (SSSR count). The van der Waals surface area contributed by atoms with Crippen molar-refractivity contribution < 1.29 is 0 Å². The Morgan fingerprint density at radius 1 is 0.475 bits per heavy atom. The van der Waals surface area contributed by atoms with Gasteiger partial charge < -0.3 is 13.7 Å². The highest BCUT2D eigenvalue weighted by molar-refractivity contribution is 6.33. The fourth-order valence-electron chi connectivity index (χ4n) is 6.56. The predicted molar refractivity (Wildman–Crippen MR) is 158 cm³/mol. The van der Waals surface area contributed by atoms with Crippen molar-refractivity contribution in [3.8, 4) is 0 Å². The maximum absolute atomic E-state index is 14.4. The summed E-state index contributed by atoms with van der Waals surface area (Å²) in [6, 6.07) is 9.87. The number of fused-ring (bicyclic) bond motifs is 10. The molecule has 196 valence electrons. The van der Waals surface area contributed by atoms with E-state index in [1.165, 1.54) is 26.2 Å². The third kappa shape index (κ3) is 2.57. The van der Waals surface area contributed by atoms with E-state index in [1.807, 2.05) is 18.2 Å². The summed E-state index contributed by atoms with van der Waals surface area (Å²) >= 11 is 0. The molecular weight excluding hydrogens is 510 g/mol. The van der Waals surface area contributed by atoms with Gasteiger partial charge in [0.1, 0.15) is 11.0 Å². The van der Waals surface area contributed by atoms with Gasteiger partial charge in [0.05, 0.1) is 21.7 Å². The van der Waals surface area contributed by atoms with Gasteiger partial charge in [0.15, 0.2) is 10.9 Å². The fourth-order valence-corrected chi connectivity index (χ4v) is 6.56. The second-order valence-electron chi connectivity index (χ2n) is 10.5. The summed E-state index contributed by atoms with van der Waals surface area (Å²) in [6.45, 7) is 3.19. The third-order valence-electron chi connectivity index (χ3n) is 8.41. The number of aromatic nitrogens is 3. The highest BCUT2D eigenvalue weighted by Gasteiger charge is 2.28. The number of para-hydroxylation sites is 1. The molecule has 3 heterocycles. The topological polar surface area (TPSA) is 117 Å². The van der Waals surface area contributed by atoms with Crippen LogP contribution < -0.4 is 32.8 Å². The van der Waals surface area contributed by atoms with Crippen molar-refractivity contribution in [3.63, 3.8) is 0 Å². The van der Waals surface area contributed by atoms with Crippen LogP contribution in [-0.2, 0) is 21.1 Å². The molecule has 0 fully saturated rings. The van der Waals surface area contributed by atoms with Crippen molar-refractivity contribution in [3.05, 3.63) is 109 Å². The average molecular weight is 532 g/mol. The molecular formula is C31H21N3O6. The zero-order valence-electron chi connectivity index (χ0n) is 22.3. The summed E-state index contributed by atoms with van der Waals surface area (Å²) in [4.78, 5) is 82.8. The minimum Gasteiger partial charge on any atom is -0.343 e. The highest BCUT2D eigenvalue weighted by Crippen LogP contribution is 2.37. The molecule has 0 amide bonds. The van der Waals surface area contributed by atoms with E-state index in [-0.39, 0.29) is 43.4 Å². The van der Waals surface area contributed by atoms with Crippen LogP contribution in [0.5, 0.6) is 0 Å². The number of pyridine rings is 2. The minimum absolute atomic E-state index is 0.00829. The lowest BCUT2D eigenvalue weighted by Gasteiger charge is -2.13. The predicted octanol–water partition coefficient (Wildman–Crippen LogP) is 2.27. The van der Waals surface area contributed by atoms with Crippen molar-refractivity contribution in [2.24, 2.45) is 21.1 Å². The zero-order valence-corrected chi connectivity index (χ0v) is 22.3. The first-order chi connectivity index (χ1) is 19.0. The van der Waals surface area contributed by atoms with E-state index in [2.05, 4.69) is 0 Å². The van der Waals surface area contributed by atoms with E-state index in [9.17, 15) is 28.8 Å². The van der Waals surface area contributed by atoms with Crippen LogP contribution in [0, 0.1) is 13.8 Å². The molecule has 0 N–H and O–H groups in total. The Hall–Kier alpha value is -5.18. The van der Waals surface area contributed by atoms with Crippen LogP contribution in [0.3, 0.4) is 0 Å². The monoisotopic (exact) mass is 531 g/mol. The lowest BCUT2D eigenvalue weighted by atomic mass is 9.91. The molecule has 0 aliphatic carbocycles. The summed E-state index contributed by atoms with van der Waals surface area (Å²) < 4.78 is 3.97. The molecule has 0 aliphatic rings. The number of benzene rings is 4. The molecule has 3 aromatic heterocycles. The van der Waals surface area contributed by atoms with Crippen LogP contribution in [-0.4, -0.2) is 13.7 Å². The third-order valence-corrected chi connectivity index (χ3v) is 8.41. The van der Waals surface area contributed by atoms with Gasteiger partial charge in [-0.25, -0.2) is 0 Å². The van der Waals surface area contributed by atoms with Crippen LogP contribution in [0.1, 0.15) is 11.1 Å². The lowest BCUT2D eigenvalue weighted by Crippen LogP contribution is -2.29. The van der Waals surface area contributed by atoms with Crippen molar-refractivity contribution >= 4 is 65.2 Å². The Balaban J connectivity index is 2.07. The highest BCUT2D eigenvalue weighted by atomic mass is 16.1. The van der Waals surface area contributed by atoms with Gasteiger partial charge in [-0.15, -0.1) is 0 Å². The van der Waals surface area contributed by atoms with Crippen LogP contribution >= 0.6 is 0 Å². The van der Waals surface area contributed by atoms with E-state index >= 15 is 0 Å². The summed E-state index contributed by atoms with van der Waals surface area (Å²) in [5, 5.41) is 0.822. The molecule has 0 bridgehead atoms. The molecule has 0 aliphatic heterocycles. The van der Waals surface area contributed by atoms with Gasteiger partial charge in [-0.3, -0.25) is 28.8 Å². The molecule has 40 heavy (non-hydrogen) atoms. The first kappa shape index (κ1) is 23.9. The Bertz CT molecular complexity index is 2720. The molecule has 0 atom stereocenters. The second-order valence-corrected chi connectivity index (χ2v) is 10.5. The molecule has 0 saturated carbocycles. The number of rotatable bonds is 0. The molecule has 0 radical (unpaired) electrons. The SMILES string of the molecule is Cc1cc(=O)n(C)c2c(=O)c3c4c(=O)c5c(c(C)cc(=O)n5C)c(=O)c4c4c(c5ccccc5n4C)c3c(=O)c12. The van der Waals surface area contributed by atoms with Crippen molar-refractivity contribution in [1.82, 2.24) is 13.7 Å².